The highest BCUT2D eigenvalue weighted by Crippen LogP contribution is 2.24. The fourth-order valence-corrected chi connectivity index (χ4v) is 3.64. The fourth-order valence-electron chi connectivity index (χ4n) is 3.47. The predicted molar refractivity (Wildman–Crippen MR) is 113 cm³/mol. The Labute approximate surface area is 171 Å². The van der Waals surface area contributed by atoms with E-state index in [0.717, 1.165) is 25.2 Å². The molecule has 0 aliphatic carbocycles. The van der Waals surface area contributed by atoms with Gasteiger partial charge in [-0.2, -0.15) is 0 Å². The number of aryl methyl sites for hydroxylation is 1. The van der Waals surface area contributed by atoms with Gasteiger partial charge in [0.1, 0.15) is 6.54 Å². The summed E-state index contributed by atoms with van der Waals surface area (Å²) in [4.78, 5) is 30.7. The molecule has 1 aliphatic heterocycles. The minimum atomic E-state index is -0.165. The average Bonchev–Trinajstić information content (AvgIpc) is 2.69. The van der Waals surface area contributed by atoms with Crippen molar-refractivity contribution in [3.05, 3.63) is 64.7 Å². The molecule has 1 fully saturated rings. The lowest BCUT2D eigenvalue weighted by Gasteiger charge is -2.36. The van der Waals surface area contributed by atoms with E-state index >= 15 is 0 Å². The molecule has 2 amide bonds. The Hall–Kier alpha value is -2.37. The SMILES string of the molecule is CC(=O)N(CC(=O)N1CCN(Cc2ccccc2)CC1)c1cc(Cl)ccc1C. The van der Waals surface area contributed by atoms with Crippen molar-refractivity contribution in [2.24, 2.45) is 0 Å². The van der Waals surface area contributed by atoms with Crippen molar-refractivity contribution < 1.29 is 9.59 Å². The number of hydrogen-bond acceptors (Lipinski definition) is 3. The summed E-state index contributed by atoms with van der Waals surface area (Å²) in [5, 5.41) is 0.550. The lowest BCUT2D eigenvalue weighted by molar-refractivity contribution is -0.132. The minimum Gasteiger partial charge on any atom is -0.339 e. The normalized spacial score (nSPS) is 14.8. The molecule has 0 radical (unpaired) electrons. The molecule has 1 aliphatic rings. The van der Waals surface area contributed by atoms with Crippen LogP contribution in [0.5, 0.6) is 0 Å². The molecule has 0 bridgehead atoms. The van der Waals surface area contributed by atoms with Crippen LogP contribution in [-0.4, -0.2) is 54.3 Å². The van der Waals surface area contributed by atoms with Gasteiger partial charge in [-0.05, 0) is 30.2 Å². The Morgan fingerprint density at radius 3 is 2.36 bits per heavy atom. The van der Waals surface area contributed by atoms with Crippen molar-refractivity contribution in [1.29, 1.82) is 0 Å². The van der Waals surface area contributed by atoms with Gasteiger partial charge in [0.05, 0.1) is 0 Å². The van der Waals surface area contributed by atoms with Gasteiger partial charge < -0.3 is 9.80 Å². The largest absolute Gasteiger partial charge is 0.339 e. The van der Waals surface area contributed by atoms with E-state index in [2.05, 4.69) is 17.0 Å². The number of amides is 2. The van der Waals surface area contributed by atoms with Crippen LogP contribution in [0, 0.1) is 6.92 Å². The van der Waals surface area contributed by atoms with Crippen molar-refractivity contribution in [1.82, 2.24) is 9.80 Å². The van der Waals surface area contributed by atoms with Crippen molar-refractivity contribution in [2.75, 3.05) is 37.6 Å². The van der Waals surface area contributed by atoms with Crippen LogP contribution in [0.1, 0.15) is 18.1 Å². The number of rotatable bonds is 5. The number of halogens is 1. The van der Waals surface area contributed by atoms with Gasteiger partial charge in [-0.15, -0.1) is 0 Å². The summed E-state index contributed by atoms with van der Waals surface area (Å²) in [7, 11) is 0. The zero-order chi connectivity index (χ0) is 20.1. The molecule has 6 heteroatoms. The number of carbonyl (C=O) groups excluding carboxylic acids is 2. The Morgan fingerprint density at radius 1 is 1.04 bits per heavy atom. The zero-order valence-corrected chi connectivity index (χ0v) is 17.2. The standard InChI is InChI=1S/C22H26ClN3O2/c1-17-8-9-20(23)14-21(17)26(18(2)27)16-22(28)25-12-10-24(11-13-25)15-19-6-4-3-5-7-19/h3-9,14H,10-13,15-16H2,1-2H3. The highest BCUT2D eigenvalue weighted by molar-refractivity contribution is 6.31. The zero-order valence-electron chi connectivity index (χ0n) is 16.4. The highest BCUT2D eigenvalue weighted by atomic mass is 35.5. The third kappa shape index (κ3) is 5.12. The van der Waals surface area contributed by atoms with E-state index in [9.17, 15) is 9.59 Å². The van der Waals surface area contributed by atoms with Crippen molar-refractivity contribution >= 4 is 29.1 Å². The average molecular weight is 400 g/mol. The first kappa shape index (κ1) is 20.4. The van der Waals surface area contributed by atoms with Crippen LogP contribution in [0.25, 0.3) is 0 Å². The maximum Gasteiger partial charge on any atom is 0.242 e. The van der Waals surface area contributed by atoms with E-state index in [1.54, 1.807) is 12.1 Å². The Morgan fingerprint density at radius 2 is 1.71 bits per heavy atom. The first-order valence-electron chi connectivity index (χ1n) is 9.52. The molecule has 0 N–H and O–H groups in total. The third-order valence-electron chi connectivity index (χ3n) is 5.11. The molecular formula is C22H26ClN3O2. The molecule has 5 nitrogen and oxygen atoms in total. The molecule has 1 saturated heterocycles. The lowest BCUT2D eigenvalue weighted by atomic mass is 10.1. The first-order valence-corrected chi connectivity index (χ1v) is 9.90. The molecule has 148 valence electrons. The number of hydrogen-bond donors (Lipinski definition) is 0. The molecule has 0 unspecified atom stereocenters. The van der Waals surface area contributed by atoms with Crippen molar-refractivity contribution in [2.45, 2.75) is 20.4 Å². The van der Waals surface area contributed by atoms with E-state index in [1.165, 1.54) is 17.4 Å². The molecule has 0 spiro atoms. The van der Waals surface area contributed by atoms with Crippen LogP contribution >= 0.6 is 11.6 Å². The molecule has 3 rings (SSSR count). The van der Waals surface area contributed by atoms with Crippen LogP contribution < -0.4 is 4.90 Å². The summed E-state index contributed by atoms with van der Waals surface area (Å²) in [6, 6.07) is 15.7. The summed E-state index contributed by atoms with van der Waals surface area (Å²) in [5.41, 5.74) is 2.89. The number of benzene rings is 2. The molecule has 28 heavy (non-hydrogen) atoms. The smallest absolute Gasteiger partial charge is 0.242 e. The van der Waals surface area contributed by atoms with Gasteiger partial charge in [-0.3, -0.25) is 14.5 Å². The monoisotopic (exact) mass is 399 g/mol. The molecular weight excluding hydrogens is 374 g/mol. The number of nitrogens with zero attached hydrogens (tertiary/aromatic N) is 3. The van der Waals surface area contributed by atoms with E-state index in [0.29, 0.717) is 23.8 Å². The van der Waals surface area contributed by atoms with Gasteiger partial charge in [0, 0.05) is 50.4 Å². The molecule has 0 atom stereocenters. The molecule has 1 heterocycles. The van der Waals surface area contributed by atoms with E-state index in [4.69, 9.17) is 11.6 Å². The topological polar surface area (TPSA) is 43.9 Å². The molecule has 0 aromatic heterocycles. The maximum absolute atomic E-state index is 12.8. The van der Waals surface area contributed by atoms with Gasteiger partial charge in [0.2, 0.25) is 11.8 Å². The molecule has 2 aromatic rings. The summed E-state index contributed by atoms with van der Waals surface area (Å²) in [6.07, 6.45) is 0. The second-order valence-electron chi connectivity index (χ2n) is 7.18. The second kappa shape index (κ2) is 9.22. The van der Waals surface area contributed by atoms with E-state index in [-0.39, 0.29) is 18.4 Å². The molecule has 2 aromatic carbocycles. The Balaban J connectivity index is 1.59. The van der Waals surface area contributed by atoms with Crippen LogP contribution in [0.4, 0.5) is 5.69 Å². The van der Waals surface area contributed by atoms with Crippen LogP contribution in [0.15, 0.2) is 48.5 Å². The van der Waals surface area contributed by atoms with Gasteiger partial charge in [-0.25, -0.2) is 0 Å². The summed E-state index contributed by atoms with van der Waals surface area (Å²) < 4.78 is 0. The quantitative estimate of drug-likeness (QED) is 0.774. The van der Waals surface area contributed by atoms with Gasteiger partial charge in [-0.1, -0.05) is 48.0 Å². The number of carbonyl (C=O) groups is 2. The highest BCUT2D eigenvalue weighted by Gasteiger charge is 2.25. The number of piperazine rings is 1. The summed E-state index contributed by atoms with van der Waals surface area (Å²) >= 11 is 6.09. The Kier molecular flexibility index (Phi) is 6.70. The Bertz CT molecular complexity index is 833. The lowest BCUT2D eigenvalue weighted by Crippen LogP contribution is -2.51. The van der Waals surface area contributed by atoms with Crippen LogP contribution in [0.3, 0.4) is 0 Å². The fraction of sp³-hybridized carbons (Fsp3) is 0.364. The van der Waals surface area contributed by atoms with Crippen LogP contribution in [0.2, 0.25) is 5.02 Å². The van der Waals surface area contributed by atoms with E-state index < -0.39 is 0 Å². The predicted octanol–water partition coefficient (Wildman–Crippen LogP) is 3.35. The van der Waals surface area contributed by atoms with Crippen molar-refractivity contribution in [3.8, 4) is 0 Å². The summed E-state index contributed by atoms with van der Waals surface area (Å²) in [5.74, 6) is -0.199. The minimum absolute atomic E-state index is 0.0334. The second-order valence-corrected chi connectivity index (χ2v) is 7.61. The van der Waals surface area contributed by atoms with Gasteiger partial charge in [0.25, 0.3) is 0 Å². The first-order chi connectivity index (χ1) is 13.4. The number of anilines is 1. The van der Waals surface area contributed by atoms with Gasteiger partial charge >= 0.3 is 0 Å². The van der Waals surface area contributed by atoms with Gasteiger partial charge in [0.15, 0.2) is 0 Å². The third-order valence-corrected chi connectivity index (χ3v) is 5.34. The maximum atomic E-state index is 12.8. The molecule has 0 saturated carbocycles. The van der Waals surface area contributed by atoms with Crippen molar-refractivity contribution in [3.63, 3.8) is 0 Å². The van der Waals surface area contributed by atoms with E-state index in [1.807, 2.05) is 36.1 Å². The van der Waals surface area contributed by atoms with Crippen LogP contribution in [-0.2, 0) is 16.1 Å². The summed E-state index contributed by atoms with van der Waals surface area (Å²) in [6.45, 7) is 7.32.